The van der Waals surface area contributed by atoms with E-state index in [1.165, 1.54) is 0 Å². The Bertz CT molecular complexity index is 964. The van der Waals surface area contributed by atoms with Crippen LogP contribution in [0, 0.1) is 0 Å². The van der Waals surface area contributed by atoms with E-state index >= 15 is 0 Å². The normalized spacial score (nSPS) is 16.2. The molecule has 2 heterocycles. The number of benzene rings is 3. The van der Waals surface area contributed by atoms with E-state index < -0.39 is 5.60 Å². The first-order valence-corrected chi connectivity index (χ1v) is 8.99. The van der Waals surface area contributed by atoms with Gasteiger partial charge in [-0.05, 0) is 41.5 Å². The van der Waals surface area contributed by atoms with Crippen LogP contribution in [-0.4, -0.2) is 13.2 Å². The summed E-state index contributed by atoms with van der Waals surface area (Å²) < 4.78 is 17.8. The van der Waals surface area contributed by atoms with Crippen LogP contribution < -0.4 is 9.47 Å². The van der Waals surface area contributed by atoms with Crippen molar-refractivity contribution in [2.45, 2.75) is 12.2 Å². The van der Waals surface area contributed by atoms with Crippen LogP contribution in [0.15, 0.2) is 66.7 Å². The maximum Gasteiger partial charge on any atom is 0.181 e. The lowest BCUT2D eigenvalue weighted by Gasteiger charge is -2.45. The quantitative estimate of drug-likeness (QED) is 0.639. The molecule has 2 aliphatic rings. The van der Waals surface area contributed by atoms with Gasteiger partial charge in [0, 0.05) is 16.1 Å². The van der Waals surface area contributed by atoms with Crippen LogP contribution in [0.1, 0.15) is 11.1 Å². The molecule has 3 nitrogen and oxygen atoms in total. The fourth-order valence-corrected chi connectivity index (χ4v) is 3.70. The summed E-state index contributed by atoms with van der Waals surface area (Å²) in [7, 11) is 0. The SMILES string of the molecule is Clc1ccc2c(c1)OC1(COC1)c1cc(OCc3ccccc3)ccc1-2. The topological polar surface area (TPSA) is 27.7 Å². The first-order valence-electron chi connectivity index (χ1n) is 8.61. The van der Waals surface area contributed by atoms with Gasteiger partial charge >= 0.3 is 0 Å². The molecule has 0 atom stereocenters. The highest BCUT2D eigenvalue weighted by atomic mass is 35.5. The van der Waals surface area contributed by atoms with E-state index in [9.17, 15) is 0 Å². The van der Waals surface area contributed by atoms with Gasteiger partial charge in [-0.2, -0.15) is 0 Å². The van der Waals surface area contributed by atoms with Gasteiger partial charge in [0.15, 0.2) is 5.60 Å². The summed E-state index contributed by atoms with van der Waals surface area (Å²) in [6.45, 7) is 1.61. The van der Waals surface area contributed by atoms with Gasteiger partial charge in [0.05, 0.1) is 13.2 Å². The number of ether oxygens (including phenoxy) is 3. The van der Waals surface area contributed by atoms with Crippen LogP contribution in [0.3, 0.4) is 0 Å². The van der Waals surface area contributed by atoms with Crippen LogP contribution in [0.4, 0.5) is 0 Å². The van der Waals surface area contributed by atoms with E-state index in [4.69, 9.17) is 25.8 Å². The Balaban J connectivity index is 1.51. The van der Waals surface area contributed by atoms with Crippen molar-refractivity contribution in [1.29, 1.82) is 0 Å². The maximum atomic E-state index is 6.32. The third-order valence-electron chi connectivity index (χ3n) is 4.94. The molecule has 130 valence electrons. The number of hydrogen-bond donors (Lipinski definition) is 0. The van der Waals surface area contributed by atoms with Crippen molar-refractivity contribution in [1.82, 2.24) is 0 Å². The standard InChI is InChI=1S/C22H17ClO3/c23-16-6-8-19-18-9-7-17(25-12-15-4-2-1-3-5-15)11-20(18)22(13-24-14-22)26-21(19)10-16/h1-11H,12-14H2. The van der Waals surface area contributed by atoms with Crippen LogP contribution in [-0.2, 0) is 16.9 Å². The maximum absolute atomic E-state index is 6.32. The summed E-state index contributed by atoms with van der Waals surface area (Å²) >= 11 is 6.15. The molecular weight excluding hydrogens is 348 g/mol. The molecular formula is C22H17ClO3. The monoisotopic (exact) mass is 364 g/mol. The van der Waals surface area contributed by atoms with Crippen molar-refractivity contribution in [3.05, 3.63) is 82.9 Å². The molecule has 0 saturated carbocycles. The summed E-state index contributed by atoms with van der Waals surface area (Å²) in [4.78, 5) is 0. The minimum atomic E-state index is -0.445. The molecule has 0 aromatic heterocycles. The van der Waals surface area contributed by atoms with Crippen molar-refractivity contribution in [2.75, 3.05) is 13.2 Å². The summed E-state index contributed by atoms with van der Waals surface area (Å²) in [5.74, 6) is 1.64. The number of halogens is 1. The fourth-order valence-electron chi connectivity index (χ4n) is 3.54. The van der Waals surface area contributed by atoms with Crippen molar-refractivity contribution in [3.8, 4) is 22.6 Å². The average molecular weight is 365 g/mol. The third-order valence-corrected chi connectivity index (χ3v) is 5.17. The lowest BCUT2D eigenvalue weighted by atomic mass is 9.82. The number of hydrogen-bond acceptors (Lipinski definition) is 3. The second kappa shape index (κ2) is 6.04. The van der Waals surface area contributed by atoms with E-state index in [1.807, 2.05) is 42.5 Å². The highest BCUT2D eigenvalue weighted by molar-refractivity contribution is 6.30. The Morgan fingerprint density at radius 1 is 0.923 bits per heavy atom. The Morgan fingerprint density at radius 2 is 1.73 bits per heavy atom. The van der Waals surface area contributed by atoms with Crippen LogP contribution >= 0.6 is 11.6 Å². The molecule has 1 fully saturated rings. The molecule has 0 bridgehead atoms. The third kappa shape index (κ3) is 2.56. The highest BCUT2D eigenvalue weighted by Gasteiger charge is 2.47. The van der Waals surface area contributed by atoms with Crippen molar-refractivity contribution >= 4 is 11.6 Å². The number of rotatable bonds is 3. The summed E-state index contributed by atoms with van der Waals surface area (Å²) in [6, 6.07) is 22.1. The van der Waals surface area contributed by atoms with Gasteiger partial charge in [-0.3, -0.25) is 0 Å². The van der Waals surface area contributed by atoms with Crippen LogP contribution in [0.25, 0.3) is 11.1 Å². The zero-order valence-corrected chi connectivity index (χ0v) is 14.8. The molecule has 0 N–H and O–H groups in total. The van der Waals surface area contributed by atoms with E-state index in [0.717, 1.165) is 33.8 Å². The van der Waals surface area contributed by atoms with Crippen molar-refractivity contribution in [2.24, 2.45) is 0 Å². The molecule has 4 heteroatoms. The van der Waals surface area contributed by atoms with Crippen LogP contribution in [0.5, 0.6) is 11.5 Å². The second-order valence-electron chi connectivity index (χ2n) is 6.71. The Hall–Kier alpha value is -2.49. The van der Waals surface area contributed by atoms with Crippen molar-refractivity contribution in [3.63, 3.8) is 0 Å². The molecule has 0 radical (unpaired) electrons. The molecule has 3 aromatic rings. The molecule has 3 aromatic carbocycles. The zero-order chi connectivity index (χ0) is 17.6. The summed E-state index contributed by atoms with van der Waals surface area (Å²) in [6.07, 6.45) is 0. The minimum absolute atomic E-state index is 0.445. The van der Waals surface area contributed by atoms with Gasteiger partial charge in [0.25, 0.3) is 0 Å². The fraction of sp³-hybridized carbons (Fsp3) is 0.182. The Kier molecular flexibility index (Phi) is 3.66. The molecule has 2 aliphatic heterocycles. The summed E-state index contributed by atoms with van der Waals surface area (Å²) in [5.41, 5.74) is 4.01. The van der Waals surface area contributed by atoms with E-state index in [0.29, 0.717) is 24.8 Å². The van der Waals surface area contributed by atoms with E-state index in [-0.39, 0.29) is 0 Å². The Labute approximate surface area is 157 Å². The summed E-state index contributed by atoms with van der Waals surface area (Å²) in [5, 5.41) is 0.672. The van der Waals surface area contributed by atoms with Crippen molar-refractivity contribution < 1.29 is 14.2 Å². The average Bonchev–Trinajstić information content (AvgIpc) is 2.64. The van der Waals surface area contributed by atoms with Gasteiger partial charge in [-0.15, -0.1) is 0 Å². The van der Waals surface area contributed by atoms with Gasteiger partial charge in [-0.1, -0.05) is 48.0 Å². The Morgan fingerprint density at radius 3 is 2.50 bits per heavy atom. The molecule has 0 aliphatic carbocycles. The lowest BCUT2D eigenvalue weighted by Crippen LogP contribution is -2.53. The molecule has 1 spiro atoms. The first kappa shape index (κ1) is 15.7. The van der Waals surface area contributed by atoms with Crippen LogP contribution in [0.2, 0.25) is 5.02 Å². The molecule has 0 unspecified atom stereocenters. The van der Waals surface area contributed by atoms with Gasteiger partial charge < -0.3 is 14.2 Å². The highest BCUT2D eigenvalue weighted by Crippen LogP contribution is 2.49. The zero-order valence-electron chi connectivity index (χ0n) is 14.1. The number of fused-ring (bicyclic) bond motifs is 4. The molecule has 26 heavy (non-hydrogen) atoms. The van der Waals surface area contributed by atoms with E-state index in [1.54, 1.807) is 0 Å². The molecule has 1 saturated heterocycles. The minimum Gasteiger partial charge on any atom is -0.489 e. The predicted molar refractivity (Wildman–Crippen MR) is 101 cm³/mol. The first-order chi connectivity index (χ1) is 12.7. The smallest absolute Gasteiger partial charge is 0.181 e. The molecule has 5 rings (SSSR count). The lowest BCUT2D eigenvalue weighted by molar-refractivity contribution is -0.169. The predicted octanol–water partition coefficient (Wildman–Crippen LogP) is 5.20. The second-order valence-corrected chi connectivity index (χ2v) is 7.15. The van der Waals surface area contributed by atoms with Gasteiger partial charge in [0.1, 0.15) is 18.1 Å². The largest absolute Gasteiger partial charge is 0.489 e. The van der Waals surface area contributed by atoms with E-state index in [2.05, 4.69) is 24.3 Å². The van der Waals surface area contributed by atoms with Gasteiger partial charge in [0.2, 0.25) is 0 Å². The molecule has 0 amide bonds. The van der Waals surface area contributed by atoms with Gasteiger partial charge in [-0.25, -0.2) is 0 Å².